The third-order valence-corrected chi connectivity index (χ3v) is 6.66. The number of hydrogen-bond donors (Lipinski definition) is 1. The lowest BCUT2D eigenvalue weighted by molar-refractivity contribution is 0.450. The first kappa shape index (κ1) is 21.7. The van der Waals surface area contributed by atoms with E-state index in [0.29, 0.717) is 17.2 Å². The Morgan fingerprint density at radius 2 is 1.72 bits per heavy atom. The summed E-state index contributed by atoms with van der Waals surface area (Å²) in [4.78, 5) is 1.78. The van der Waals surface area contributed by atoms with Gasteiger partial charge in [-0.3, -0.25) is 4.55 Å². The van der Waals surface area contributed by atoms with Gasteiger partial charge in [-0.15, -0.1) is 0 Å². The smallest absolute Gasteiger partial charge is 0.286 e. The van der Waals surface area contributed by atoms with Gasteiger partial charge in [0.1, 0.15) is 0 Å². The van der Waals surface area contributed by atoms with Crippen molar-refractivity contribution in [1.82, 2.24) is 0 Å². The van der Waals surface area contributed by atoms with Crippen LogP contribution in [0.25, 0.3) is 0 Å². The Kier molecular flexibility index (Phi) is 6.85. The van der Waals surface area contributed by atoms with Gasteiger partial charge in [-0.1, -0.05) is 51.8 Å². The zero-order chi connectivity index (χ0) is 21.0. The van der Waals surface area contributed by atoms with Crippen LogP contribution < -0.4 is 9.64 Å². The van der Waals surface area contributed by atoms with Gasteiger partial charge in [0.15, 0.2) is 16.9 Å². The highest BCUT2D eigenvalue weighted by molar-refractivity contribution is 7.86. The van der Waals surface area contributed by atoms with Crippen LogP contribution in [-0.4, -0.2) is 18.3 Å². The molecule has 6 heteroatoms. The molecule has 0 saturated heterocycles. The molecule has 3 rings (SSSR count). The highest BCUT2D eigenvalue weighted by Crippen LogP contribution is 2.50. The fraction of sp³-hybridized carbons (Fsp3) is 0.478. The molecule has 0 aromatic heterocycles. The third kappa shape index (κ3) is 4.59. The number of nitrogens with zero attached hydrogens (tertiary/aromatic N) is 1. The molecule has 1 unspecified atom stereocenters. The molecule has 1 aliphatic rings. The summed E-state index contributed by atoms with van der Waals surface area (Å²) < 4.78 is 40.9. The van der Waals surface area contributed by atoms with Crippen LogP contribution in [0, 0.1) is 0 Å². The number of unbranched alkanes of at least 4 members (excludes halogenated alkanes) is 2. The van der Waals surface area contributed by atoms with Crippen molar-refractivity contribution < 1.29 is 17.7 Å². The van der Waals surface area contributed by atoms with Gasteiger partial charge in [0.2, 0.25) is 0 Å². The number of fused-ring (bicyclic) bond motifs is 2. The molecular formula is C23H31NO4S. The Morgan fingerprint density at radius 1 is 1.00 bits per heavy atom. The first-order chi connectivity index (χ1) is 13.9. The van der Waals surface area contributed by atoms with Crippen LogP contribution in [-0.2, 0) is 23.0 Å². The normalized spacial score (nSPS) is 14.1. The second kappa shape index (κ2) is 9.18. The number of para-hydroxylation sites is 1. The van der Waals surface area contributed by atoms with Gasteiger partial charge in [-0.2, -0.15) is 8.42 Å². The van der Waals surface area contributed by atoms with Crippen molar-refractivity contribution in [2.24, 2.45) is 0 Å². The van der Waals surface area contributed by atoms with Crippen molar-refractivity contribution in [1.29, 1.82) is 0 Å². The summed E-state index contributed by atoms with van der Waals surface area (Å²) in [6.45, 7) is 6.06. The third-order valence-electron chi connectivity index (χ3n) is 5.43. The van der Waals surface area contributed by atoms with Crippen LogP contribution in [0.5, 0.6) is 11.5 Å². The van der Waals surface area contributed by atoms with Crippen LogP contribution in [0.4, 0.5) is 11.4 Å². The van der Waals surface area contributed by atoms with Crippen molar-refractivity contribution in [3.8, 4) is 11.5 Å². The predicted octanol–water partition coefficient (Wildman–Crippen LogP) is 6.24. The highest BCUT2D eigenvalue weighted by atomic mass is 32.2. The SMILES string of the molecule is CCCCc1ccc2c(c1)N(C(CC)S(=O)(=O)O)c1c(CCCC)cccc1O2. The van der Waals surface area contributed by atoms with Gasteiger partial charge in [-0.05, 0) is 61.4 Å². The Balaban J connectivity index is 2.19. The quantitative estimate of drug-likeness (QED) is 0.489. The molecule has 1 aliphatic heterocycles. The lowest BCUT2D eigenvalue weighted by Crippen LogP contribution is -2.39. The Hall–Kier alpha value is -2.05. The molecule has 1 atom stereocenters. The van der Waals surface area contributed by atoms with E-state index in [1.807, 2.05) is 36.4 Å². The van der Waals surface area contributed by atoms with Crippen LogP contribution in [0.2, 0.25) is 0 Å². The number of anilines is 2. The molecule has 0 saturated carbocycles. The molecule has 0 aliphatic carbocycles. The van der Waals surface area contributed by atoms with Crippen molar-refractivity contribution in [3.05, 3.63) is 47.5 Å². The summed E-state index contributed by atoms with van der Waals surface area (Å²) in [5.74, 6) is 1.25. The fourth-order valence-electron chi connectivity index (χ4n) is 3.93. The molecule has 0 fully saturated rings. The molecule has 5 nitrogen and oxygen atoms in total. The number of hydrogen-bond acceptors (Lipinski definition) is 4. The first-order valence-corrected chi connectivity index (χ1v) is 12.1. The molecule has 0 radical (unpaired) electrons. The molecule has 0 bridgehead atoms. The van der Waals surface area contributed by atoms with E-state index in [9.17, 15) is 13.0 Å². The van der Waals surface area contributed by atoms with Crippen molar-refractivity contribution in [2.45, 2.75) is 71.1 Å². The lowest BCUT2D eigenvalue weighted by atomic mass is 10.0. The zero-order valence-corrected chi connectivity index (χ0v) is 18.3. The minimum absolute atomic E-state index is 0.263. The summed E-state index contributed by atoms with van der Waals surface area (Å²) >= 11 is 0. The molecule has 29 heavy (non-hydrogen) atoms. The Bertz CT molecular complexity index is 955. The molecule has 1 N–H and O–H groups in total. The van der Waals surface area contributed by atoms with E-state index >= 15 is 0 Å². The number of ether oxygens (including phenoxy) is 1. The second-order valence-electron chi connectivity index (χ2n) is 7.62. The molecule has 0 amide bonds. The van der Waals surface area contributed by atoms with Crippen LogP contribution in [0.15, 0.2) is 36.4 Å². The molecular weight excluding hydrogens is 386 g/mol. The Labute approximate surface area is 174 Å². The highest BCUT2D eigenvalue weighted by Gasteiger charge is 2.37. The fourth-order valence-corrected chi connectivity index (χ4v) is 4.84. The van der Waals surface area contributed by atoms with Gasteiger partial charge in [0.25, 0.3) is 10.1 Å². The van der Waals surface area contributed by atoms with Crippen molar-refractivity contribution in [3.63, 3.8) is 0 Å². The van der Waals surface area contributed by atoms with Crippen molar-refractivity contribution >= 4 is 21.5 Å². The summed E-state index contributed by atoms with van der Waals surface area (Å²) in [6, 6.07) is 11.8. The maximum absolute atomic E-state index is 12.3. The average Bonchev–Trinajstić information content (AvgIpc) is 2.69. The van der Waals surface area contributed by atoms with Gasteiger partial charge in [0.05, 0.1) is 11.4 Å². The van der Waals surface area contributed by atoms with Gasteiger partial charge >= 0.3 is 0 Å². The number of aryl methyl sites for hydroxylation is 2. The minimum Gasteiger partial charge on any atom is -0.453 e. The maximum Gasteiger partial charge on any atom is 0.286 e. The molecule has 1 heterocycles. The van der Waals surface area contributed by atoms with E-state index in [4.69, 9.17) is 4.74 Å². The standard InChI is InChI=1S/C23H31NO4S/c1-4-7-10-17-14-15-20-19(16-17)24(22(6-3)29(25,26)27)23-18(11-8-5-2)12-9-13-21(23)28-20/h9,12-16,22H,4-8,10-11H2,1-3H3,(H,25,26,27). The van der Waals surface area contributed by atoms with E-state index < -0.39 is 15.5 Å². The maximum atomic E-state index is 12.3. The molecule has 2 aromatic rings. The molecule has 158 valence electrons. The van der Waals surface area contributed by atoms with E-state index in [0.717, 1.165) is 55.3 Å². The lowest BCUT2D eigenvalue weighted by Gasteiger charge is -2.38. The van der Waals surface area contributed by atoms with Gasteiger partial charge in [0, 0.05) is 0 Å². The topological polar surface area (TPSA) is 66.8 Å². The predicted molar refractivity (Wildman–Crippen MR) is 118 cm³/mol. The number of rotatable bonds is 9. The monoisotopic (exact) mass is 417 g/mol. The van der Waals surface area contributed by atoms with Crippen LogP contribution in [0.1, 0.15) is 64.0 Å². The van der Waals surface area contributed by atoms with Gasteiger partial charge in [-0.25, -0.2) is 0 Å². The zero-order valence-electron chi connectivity index (χ0n) is 17.5. The summed E-state index contributed by atoms with van der Waals surface area (Å²) in [5.41, 5.74) is 3.64. The Morgan fingerprint density at radius 3 is 2.38 bits per heavy atom. The molecule has 0 spiro atoms. The van der Waals surface area contributed by atoms with Crippen LogP contribution >= 0.6 is 0 Å². The average molecular weight is 418 g/mol. The van der Waals surface area contributed by atoms with E-state index in [1.165, 1.54) is 0 Å². The summed E-state index contributed by atoms with van der Waals surface area (Å²) in [6.07, 6.45) is 6.20. The van der Waals surface area contributed by atoms with E-state index in [2.05, 4.69) is 13.8 Å². The summed E-state index contributed by atoms with van der Waals surface area (Å²) in [5, 5.41) is -1.06. The first-order valence-electron chi connectivity index (χ1n) is 10.6. The molecule has 2 aromatic carbocycles. The van der Waals surface area contributed by atoms with E-state index in [1.54, 1.807) is 11.8 Å². The number of benzene rings is 2. The van der Waals surface area contributed by atoms with Crippen LogP contribution in [0.3, 0.4) is 0 Å². The van der Waals surface area contributed by atoms with E-state index in [-0.39, 0.29) is 6.42 Å². The van der Waals surface area contributed by atoms with Gasteiger partial charge < -0.3 is 9.64 Å². The van der Waals surface area contributed by atoms with Crippen molar-refractivity contribution in [2.75, 3.05) is 4.90 Å². The second-order valence-corrected chi connectivity index (χ2v) is 9.20. The minimum atomic E-state index is -4.30. The largest absolute Gasteiger partial charge is 0.453 e. The summed E-state index contributed by atoms with van der Waals surface area (Å²) in [7, 11) is -4.30.